The first-order valence-corrected chi connectivity index (χ1v) is 4.21. The number of unbranched alkanes of at least 4 members (excludes halogenated alkanes) is 2. The number of aliphatic hydroxyl groups excluding tert-OH is 1. The van der Waals surface area contributed by atoms with E-state index in [1.54, 1.807) is 0 Å². The van der Waals surface area contributed by atoms with E-state index in [2.05, 4.69) is 6.92 Å². The van der Waals surface area contributed by atoms with Crippen LogP contribution in [0.2, 0.25) is 0 Å². The molecule has 0 aromatic carbocycles. The van der Waals surface area contributed by atoms with Crippen molar-refractivity contribution in [2.45, 2.75) is 32.3 Å². The molecular weight excluding hydrogens is 142 g/mol. The lowest BCUT2D eigenvalue weighted by Gasteiger charge is -2.07. The molecule has 0 aliphatic rings. The van der Waals surface area contributed by atoms with Crippen molar-refractivity contribution < 1.29 is 9.84 Å². The number of hydrogen-bond donors (Lipinski definition) is 1. The van der Waals surface area contributed by atoms with E-state index in [9.17, 15) is 0 Å². The van der Waals surface area contributed by atoms with Crippen molar-refractivity contribution in [3.8, 4) is 0 Å². The Labute approximate surface area is 68.5 Å². The van der Waals surface area contributed by atoms with Gasteiger partial charge in [0.15, 0.2) is 0 Å². The van der Waals surface area contributed by atoms with Crippen LogP contribution in [0, 0.1) is 0 Å². The van der Waals surface area contributed by atoms with Gasteiger partial charge in [-0.15, -0.1) is 0 Å². The third-order valence-corrected chi connectivity index (χ3v) is 1.44. The summed E-state index contributed by atoms with van der Waals surface area (Å²) in [6.45, 7) is 3.20. The summed E-state index contributed by atoms with van der Waals surface area (Å²) in [5.74, 6) is 0. The molecule has 3 nitrogen and oxygen atoms in total. The molecular formula is C8H18NO2. The van der Waals surface area contributed by atoms with Gasteiger partial charge in [0.25, 0.3) is 0 Å². The molecule has 0 fully saturated rings. The lowest BCUT2D eigenvalue weighted by Crippen LogP contribution is -2.20. The highest BCUT2D eigenvalue weighted by molar-refractivity contribution is 4.51. The van der Waals surface area contributed by atoms with Crippen molar-refractivity contribution in [1.29, 1.82) is 0 Å². The van der Waals surface area contributed by atoms with Gasteiger partial charge in [-0.1, -0.05) is 19.8 Å². The molecule has 0 rings (SSSR count). The maximum Gasteiger partial charge on any atom is 0.0911 e. The third-order valence-electron chi connectivity index (χ3n) is 1.44. The number of rotatable bonds is 7. The first-order chi connectivity index (χ1) is 5.31. The lowest BCUT2D eigenvalue weighted by molar-refractivity contribution is 0.0390. The second kappa shape index (κ2) is 7.98. The highest BCUT2D eigenvalue weighted by Crippen LogP contribution is 1.94. The van der Waals surface area contributed by atoms with Crippen LogP contribution >= 0.6 is 0 Å². The van der Waals surface area contributed by atoms with Crippen LogP contribution in [-0.4, -0.2) is 31.0 Å². The molecule has 0 aromatic heterocycles. The third kappa shape index (κ3) is 7.78. The molecule has 0 saturated carbocycles. The van der Waals surface area contributed by atoms with Gasteiger partial charge in [-0.3, -0.25) is 5.73 Å². The van der Waals surface area contributed by atoms with Crippen LogP contribution < -0.4 is 5.73 Å². The van der Waals surface area contributed by atoms with Crippen LogP contribution in [0.4, 0.5) is 0 Å². The number of hydrogen-bond acceptors (Lipinski definition) is 2. The Hall–Kier alpha value is -0.120. The van der Waals surface area contributed by atoms with Crippen molar-refractivity contribution in [3.63, 3.8) is 0 Å². The Morgan fingerprint density at radius 3 is 2.73 bits per heavy atom. The fourth-order valence-electron chi connectivity index (χ4n) is 0.732. The monoisotopic (exact) mass is 160 g/mol. The first-order valence-electron chi connectivity index (χ1n) is 4.21. The van der Waals surface area contributed by atoms with Gasteiger partial charge in [-0.25, -0.2) is 0 Å². The summed E-state index contributed by atoms with van der Waals surface area (Å²) >= 11 is 0. The largest absolute Gasteiger partial charge is 0.389 e. The van der Waals surface area contributed by atoms with Gasteiger partial charge in [0.1, 0.15) is 0 Å². The fraction of sp³-hybridized carbons (Fsp3) is 1.00. The van der Waals surface area contributed by atoms with Gasteiger partial charge in [0.05, 0.1) is 12.7 Å². The Balaban J connectivity index is 2.89. The molecule has 0 amide bonds. The average molecular weight is 160 g/mol. The maximum atomic E-state index is 8.90. The van der Waals surface area contributed by atoms with E-state index >= 15 is 0 Å². The van der Waals surface area contributed by atoms with E-state index < -0.39 is 6.10 Å². The maximum absolute atomic E-state index is 8.90. The van der Waals surface area contributed by atoms with Gasteiger partial charge in [-0.05, 0) is 6.42 Å². The van der Waals surface area contributed by atoms with Gasteiger partial charge in [0.2, 0.25) is 0 Å². The highest BCUT2D eigenvalue weighted by Gasteiger charge is 1.99. The van der Waals surface area contributed by atoms with Crippen LogP contribution in [0.15, 0.2) is 0 Å². The van der Waals surface area contributed by atoms with E-state index in [1.165, 1.54) is 12.8 Å². The van der Waals surface area contributed by atoms with Crippen molar-refractivity contribution in [2.75, 3.05) is 19.8 Å². The number of ether oxygens (including phenoxy) is 1. The van der Waals surface area contributed by atoms with Crippen molar-refractivity contribution in [1.82, 2.24) is 5.73 Å². The van der Waals surface area contributed by atoms with E-state index in [4.69, 9.17) is 15.6 Å². The molecule has 67 valence electrons. The van der Waals surface area contributed by atoms with Crippen molar-refractivity contribution >= 4 is 0 Å². The second-order valence-electron chi connectivity index (χ2n) is 2.64. The summed E-state index contributed by atoms with van der Waals surface area (Å²) in [6.07, 6.45) is 2.82. The molecule has 11 heavy (non-hydrogen) atoms. The minimum atomic E-state index is -0.600. The standard InChI is InChI=1S/C8H18NO2/c1-2-3-4-5-11-7-8(10)6-9/h8-10H,2-7H2,1H3. The average Bonchev–Trinajstić information content (AvgIpc) is 2.04. The lowest BCUT2D eigenvalue weighted by atomic mass is 10.3. The molecule has 0 bridgehead atoms. The molecule has 1 atom stereocenters. The zero-order chi connectivity index (χ0) is 8.53. The minimum Gasteiger partial charge on any atom is -0.389 e. The molecule has 0 saturated heterocycles. The molecule has 0 aliphatic carbocycles. The van der Waals surface area contributed by atoms with E-state index in [-0.39, 0.29) is 6.54 Å². The summed E-state index contributed by atoms with van der Waals surface area (Å²) in [6, 6.07) is 0. The van der Waals surface area contributed by atoms with Gasteiger partial charge < -0.3 is 9.84 Å². The Bertz CT molecular complexity index is 78.5. The summed E-state index contributed by atoms with van der Waals surface area (Å²) in [4.78, 5) is 0. The van der Waals surface area contributed by atoms with Crippen molar-refractivity contribution in [2.24, 2.45) is 0 Å². The summed E-state index contributed by atoms with van der Waals surface area (Å²) in [5, 5.41) is 8.90. The Morgan fingerprint density at radius 1 is 1.45 bits per heavy atom. The molecule has 0 heterocycles. The summed E-state index contributed by atoms with van der Waals surface area (Å²) < 4.78 is 5.12. The zero-order valence-electron chi connectivity index (χ0n) is 7.18. The molecule has 0 spiro atoms. The molecule has 2 N–H and O–H groups in total. The highest BCUT2D eigenvalue weighted by atomic mass is 16.5. The normalized spacial score (nSPS) is 13.4. The Morgan fingerprint density at radius 2 is 2.18 bits per heavy atom. The number of aliphatic hydroxyl groups is 1. The van der Waals surface area contributed by atoms with E-state index in [0.29, 0.717) is 13.2 Å². The number of nitrogens with one attached hydrogen (secondary N) is 1. The second-order valence-corrected chi connectivity index (χ2v) is 2.64. The first kappa shape index (κ1) is 10.9. The van der Waals surface area contributed by atoms with Crippen LogP contribution in [0.1, 0.15) is 26.2 Å². The minimum absolute atomic E-state index is 0.0355. The van der Waals surface area contributed by atoms with E-state index in [0.717, 1.165) is 6.42 Å². The van der Waals surface area contributed by atoms with E-state index in [1.807, 2.05) is 0 Å². The van der Waals surface area contributed by atoms with Gasteiger partial charge >= 0.3 is 0 Å². The zero-order valence-corrected chi connectivity index (χ0v) is 7.18. The predicted octanol–water partition coefficient (Wildman–Crippen LogP) is 0.837. The molecule has 0 aromatic rings. The smallest absolute Gasteiger partial charge is 0.0911 e. The van der Waals surface area contributed by atoms with Crippen LogP contribution in [0.3, 0.4) is 0 Å². The summed E-state index contributed by atoms with van der Waals surface area (Å²) in [5.41, 5.74) is 6.80. The summed E-state index contributed by atoms with van der Waals surface area (Å²) in [7, 11) is 0. The SMILES string of the molecule is CCCCCOCC(O)C[NH]. The van der Waals surface area contributed by atoms with Gasteiger partial charge in [0, 0.05) is 13.2 Å². The van der Waals surface area contributed by atoms with Gasteiger partial charge in [-0.2, -0.15) is 0 Å². The molecule has 0 aliphatic heterocycles. The van der Waals surface area contributed by atoms with Crippen LogP contribution in [-0.2, 0) is 4.74 Å². The topological polar surface area (TPSA) is 53.3 Å². The van der Waals surface area contributed by atoms with Crippen LogP contribution in [0.5, 0.6) is 0 Å². The quantitative estimate of drug-likeness (QED) is 0.561. The Kier molecular flexibility index (Phi) is 7.89. The molecule has 3 heteroatoms. The fourth-order valence-corrected chi connectivity index (χ4v) is 0.732. The predicted molar refractivity (Wildman–Crippen MR) is 44.3 cm³/mol. The molecule has 1 radical (unpaired) electrons. The van der Waals surface area contributed by atoms with Crippen LogP contribution in [0.25, 0.3) is 0 Å². The molecule has 1 unspecified atom stereocenters. The van der Waals surface area contributed by atoms with Crippen molar-refractivity contribution in [3.05, 3.63) is 0 Å².